The number of benzene rings is 1. The van der Waals surface area contributed by atoms with Gasteiger partial charge in [-0.25, -0.2) is 0 Å². The molecular weight excluding hydrogens is 252 g/mol. The van der Waals surface area contributed by atoms with Gasteiger partial charge in [0.05, 0.1) is 5.69 Å². The van der Waals surface area contributed by atoms with Crippen molar-refractivity contribution in [3.63, 3.8) is 0 Å². The van der Waals surface area contributed by atoms with Crippen molar-refractivity contribution in [1.29, 1.82) is 0 Å². The van der Waals surface area contributed by atoms with E-state index in [9.17, 15) is 4.79 Å². The van der Waals surface area contributed by atoms with E-state index in [4.69, 9.17) is 21.7 Å². The van der Waals surface area contributed by atoms with Gasteiger partial charge in [-0.2, -0.15) is 0 Å². The summed E-state index contributed by atoms with van der Waals surface area (Å²) in [5.41, 5.74) is 0.438. The monoisotopic (exact) mass is 262 g/mol. The Bertz CT molecular complexity index is 705. The first-order chi connectivity index (χ1) is 8.75. The molecule has 0 saturated carbocycles. The van der Waals surface area contributed by atoms with Crippen molar-refractivity contribution in [3.05, 3.63) is 45.6 Å². The highest BCUT2D eigenvalue weighted by Crippen LogP contribution is 2.31. The van der Waals surface area contributed by atoms with Crippen molar-refractivity contribution in [2.75, 3.05) is 13.2 Å². The molecular formula is C12H10N2O3S. The highest BCUT2D eigenvalue weighted by Gasteiger charge is 2.12. The minimum Gasteiger partial charge on any atom is -0.486 e. The van der Waals surface area contributed by atoms with Crippen LogP contribution in [0.2, 0.25) is 0 Å². The second-order valence-corrected chi connectivity index (χ2v) is 4.20. The van der Waals surface area contributed by atoms with Crippen LogP contribution in [0.4, 0.5) is 0 Å². The zero-order chi connectivity index (χ0) is 12.5. The number of ether oxygens (including phenoxy) is 2. The fraction of sp³-hybridized carbons (Fsp3) is 0.167. The third-order valence-electron chi connectivity index (χ3n) is 2.66. The normalized spacial score (nSPS) is 13.3. The van der Waals surface area contributed by atoms with Crippen LogP contribution in [0.15, 0.2) is 35.4 Å². The average Bonchev–Trinajstić information content (AvgIpc) is 2.41. The van der Waals surface area contributed by atoms with Gasteiger partial charge in [0, 0.05) is 18.5 Å². The van der Waals surface area contributed by atoms with Gasteiger partial charge in [0.25, 0.3) is 5.56 Å². The van der Waals surface area contributed by atoms with E-state index in [0.717, 1.165) is 0 Å². The quantitative estimate of drug-likeness (QED) is 0.794. The van der Waals surface area contributed by atoms with Gasteiger partial charge in [-0.15, -0.1) is 0 Å². The number of aromatic amines is 1. The summed E-state index contributed by atoms with van der Waals surface area (Å²) in [6, 6.07) is 5.35. The molecule has 0 aliphatic carbocycles. The van der Waals surface area contributed by atoms with Gasteiger partial charge in [0.1, 0.15) is 13.2 Å². The van der Waals surface area contributed by atoms with Crippen molar-refractivity contribution >= 4 is 12.2 Å². The van der Waals surface area contributed by atoms with Crippen molar-refractivity contribution < 1.29 is 9.47 Å². The topological polar surface area (TPSA) is 56.2 Å². The van der Waals surface area contributed by atoms with Crippen molar-refractivity contribution in [1.82, 2.24) is 9.55 Å². The van der Waals surface area contributed by atoms with E-state index in [-0.39, 0.29) is 10.2 Å². The predicted octanol–water partition coefficient (Wildman–Crippen LogP) is 1.67. The lowest BCUT2D eigenvalue weighted by Gasteiger charge is -2.19. The second kappa shape index (κ2) is 4.30. The zero-order valence-corrected chi connectivity index (χ0v) is 10.2. The summed E-state index contributed by atoms with van der Waals surface area (Å²) in [6.45, 7) is 1.06. The van der Waals surface area contributed by atoms with Crippen LogP contribution in [0.5, 0.6) is 11.5 Å². The summed E-state index contributed by atoms with van der Waals surface area (Å²) < 4.78 is 12.6. The first kappa shape index (κ1) is 11.0. The Morgan fingerprint density at radius 2 is 2.00 bits per heavy atom. The average molecular weight is 262 g/mol. The maximum atomic E-state index is 11.9. The number of nitrogens with one attached hydrogen (secondary N) is 1. The SMILES string of the molecule is O=c1c(=S)[nH]ccn1-c1ccc2c(c1)OCCO2. The van der Waals surface area contributed by atoms with E-state index >= 15 is 0 Å². The summed E-state index contributed by atoms with van der Waals surface area (Å²) in [4.78, 5) is 14.6. The Labute approximate surface area is 108 Å². The minimum absolute atomic E-state index is 0.174. The van der Waals surface area contributed by atoms with Crippen molar-refractivity contribution in [2.45, 2.75) is 0 Å². The van der Waals surface area contributed by atoms with Crippen LogP contribution in [0.25, 0.3) is 5.69 Å². The van der Waals surface area contributed by atoms with Gasteiger partial charge in [-0.3, -0.25) is 9.36 Å². The lowest BCUT2D eigenvalue weighted by molar-refractivity contribution is 0.171. The predicted molar refractivity (Wildman–Crippen MR) is 68.2 cm³/mol. The molecule has 0 amide bonds. The third-order valence-corrected chi connectivity index (χ3v) is 2.95. The Hall–Kier alpha value is -2.08. The summed E-state index contributed by atoms with van der Waals surface area (Å²) in [6.07, 6.45) is 3.25. The molecule has 5 nitrogen and oxygen atoms in total. The van der Waals surface area contributed by atoms with E-state index in [1.165, 1.54) is 4.57 Å². The highest BCUT2D eigenvalue weighted by molar-refractivity contribution is 7.71. The van der Waals surface area contributed by atoms with E-state index in [0.29, 0.717) is 30.4 Å². The molecule has 3 rings (SSSR count). The molecule has 2 heterocycles. The minimum atomic E-state index is -0.260. The van der Waals surface area contributed by atoms with E-state index in [1.807, 2.05) is 0 Å². The smallest absolute Gasteiger partial charge is 0.290 e. The van der Waals surface area contributed by atoms with Gasteiger partial charge in [0.15, 0.2) is 16.1 Å². The third kappa shape index (κ3) is 1.80. The van der Waals surface area contributed by atoms with Gasteiger partial charge < -0.3 is 14.5 Å². The fourth-order valence-electron chi connectivity index (χ4n) is 1.81. The Morgan fingerprint density at radius 1 is 1.22 bits per heavy atom. The molecule has 92 valence electrons. The summed E-state index contributed by atoms with van der Waals surface area (Å²) in [7, 11) is 0. The molecule has 6 heteroatoms. The Morgan fingerprint density at radius 3 is 2.83 bits per heavy atom. The number of aromatic nitrogens is 2. The molecule has 0 atom stereocenters. The van der Waals surface area contributed by atoms with Gasteiger partial charge in [-0.05, 0) is 12.1 Å². The first-order valence-corrected chi connectivity index (χ1v) is 5.87. The Kier molecular flexibility index (Phi) is 2.64. The molecule has 1 aliphatic heterocycles. The van der Waals surface area contributed by atoms with E-state index < -0.39 is 0 Å². The van der Waals surface area contributed by atoms with E-state index in [1.54, 1.807) is 30.6 Å². The summed E-state index contributed by atoms with van der Waals surface area (Å²) in [5, 5.41) is 0. The number of hydrogen-bond donors (Lipinski definition) is 1. The van der Waals surface area contributed by atoms with Crippen molar-refractivity contribution in [2.24, 2.45) is 0 Å². The number of hydrogen-bond acceptors (Lipinski definition) is 4. The Balaban J connectivity index is 2.15. The van der Waals surface area contributed by atoms with Gasteiger partial charge >= 0.3 is 0 Å². The van der Waals surface area contributed by atoms with Crippen LogP contribution < -0.4 is 15.0 Å². The van der Waals surface area contributed by atoms with Crippen LogP contribution in [-0.4, -0.2) is 22.8 Å². The standard InChI is InChI=1S/C12H10N2O3S/c15-12-11(18)13-3-4-14(12)8-1-2-9-10(7-8)17-6-5-16-9/h1-4,7H,5-6H2,(H,13,18). The second-order valence-electron chi connectivity index (χ2n) is 3.79. The van der Waals surface area contributed by atoms with Crippen LogP contribution in [-0.2, 0) is 0 Å². The van der Waals surface area contributed by atoms with Crippen LogP contribution in [0.1, 0.15) is 0 Å². The summed E-state index contributed by atoms with van der Waals surface area (Å²) >= 11 is 4.92. The number of nitrogens with zero attached hydrogens (tertiary/aromatic N) is 1. The lowest BCUT2D eigenvalue weighted by atomic mass is 10.2. The van der Waals surface area contributed by atoms with Crippen LogP contribution in [0, 0.1) is 4.64 Å². The highest BCUT2D eigenvalue weighted by atomic mass is 32.1. The van der Waals surface area contributed by atoms with Gasteiger partial charge in [-0.1, -0.05) is 12.2 Å². The number of rotatable bonds is 1. The molecule has 1 aliphatic rings. The molecule has 0 fully saturated rings. The molecule has 1 N–H and O–H groups in total. The van der Waals surface area contributed by atoms with Crippen LogP contribution in [0.3, 0.4) is 0 Å². The summed E-state index contributed by atoms with van der Waals surface area (Å²) in [5.74, 6) is 1.34. The molecule has 1 aromatic carbocycles. The van der Waals surface area contributed by atoms with Gasteiger partial charge in [0.2, 0.25) is 0 Å². The van der Waals surface area contributed by atoms with E-state index in [2.05, 4.69) is 4.98 Å². The van der Waals surface area contributed by atoms with Crippen LogP contribution >= 0.6 is 12.2 Å². The largest absolute Gasteiger partial charge is 0.486 e. The zero-order valence-electron chi connectivity index (χ0n) is 9.38. The lowest BCUT2D eigenvalue weighted by Crippen LogP contribution is -2.20. The maximum Gasteiger partial charge on any atom is 0.290 e. The first-order valence-electron chi connectivity index (χ1n) is 5.46. The molecule has 2 aromatic rings. The number of H-pyrrole nitrogens is 1. The molecule has 0 spiro atoms. The molecule has 0 unspecified atom stereocenters. The molecule has 18 heavy (non-hydrogen) atoms. The molecule has 1 aromatic heterocycles. The maximum absolute atomic E-state index is 11.9. The molecule has 0 radical (unpaired) electrons. The molecule has 0 saturated heterocycles. The van der Waals surface area contributed by atoms with Crippen molar-refractivity contribution in [3.8, 4) is 17.2 Å². The molecule has 0 bridgehead atoms. The fourth-order valence-corrected chi connectivity index (χ4v) is 1.98. The number of fused-ring (bicyclic) bond motifs is 1.